The number of piperidine rings is 1. The molecule has 2 N–H and O–H groups in total. The zero-order valence-corrected chi connectivity index (χ0v) is 22.9. The molecule has 8 nitrogen and oxygen atoms in total. The molecule has 1 saturated carbocycles. The zero-order chi connectivity index (χ0) is 26.6. The van der Waals surface area contributed by atoms with E-state index in [4.69, 9.17) is 14.7 Å². The van der Waals surface area contributed by atoms with Gasteiger partial charge < -0.3 is 24.6 Å². The van der Waals surface area contributed by atoms with Gasteiger partial charge in [-0.3, -0.25) is 4.79 Å². The van der Waals surface area contributed by atoms with E-state index < -0.39 is 0 Å². The summed E-state index contributed by atoms with van der Waals surface area (Å²) in [4.78, 5) is 24.8. The summed E-state index contributed by atoms with van der Waals surface area (Å²) >= 11 is 0. The standard InChI is InChI=1S/C30H41N5O3/c1-4-6-20(2)32-30-31-18-26-27(19-35(28(26)33-30)23-9-11-24(36)12-10-23)21-13-15-34(16-14-21)29(37)22-7-5-8-25(17-22)38-3/h5,7-8,17-21,23-24,36H,4,6,9-16H2,1-3H3,(H,31,32,33)/t20-,23?,24?/m0/s1. The number of carbonyl (C=O) groups excluding carboxylic acids is 1. The van der Waals surface area contributed by atoms with Crippen molar-refractivity contribution >= 4 is 22.9 Å². The van der Waals surface area contributed by atoms with Crippen LogP contribution in [0.4, 0.5) is 5.95 Å². The van der Waals surface area contributed by atoms with Gasteiger partial charge in [-0.2, -0.15) is 4.98 Å². The van der Waals surface area contributed by atoms with Crippen LogP contribution in [0.3, 0.4) is 0 Å². The molecule has 1 aliphatic heterocycles. The normalized spacial score (nSPS) is 21.4. The largest absolute Gasteiger partial charge is 0.497 e. The molecule has 2 aliphatic rings. The van der Waals surface area contributed by atoms with Gasteiger partial charge >= 0.3 is 0 Å². The van der Waals surface area contributed by atoms with E-state index in [0.717, 1.165) is 75.5 Å². The molecule has 1 aromatic carbocycles. The van der Waals surface area contributed by atoms with Crippen LogP contribution in [0.2, 0.25) is 0 Å². The summed E-state index contributed by atoms with van der Waals surface area (Å²) in [6.07, 6.45) is 11.7. The number of aromatic nitrogens is 3. The number of hydrogen-bond acceptors (Lipinski definition) is 6. The summed E-state index contributed by atoms with van der Waals surface area (Å²) in [7, 11) is 1.62. The number of anilines is 1. The maximum atomic E-state index is 13.2. The lowest BCUT2D eigenvalue weighted by Crippen LogP contribution is -2.37. The first kappa shape index (κ1) is 26.5. The average molecular weight is 520 g/mol. The first-order valence-electron chi connectivity index (χ1n) is 14.2. The summed E-state index contributed by atoms with van der Waals surface area (Å²) in [6.45, 7) is 5.80. The van der Waals surface area contributed by atoms with E-state index in [1.165, 1.54) is 5.56 Å². The van der Waals surface area contributed by atoms with Gasteiger partial charge in [-0.25, -0.2) is 4.98 Å². The molecule has 2 fully saturated rings. The predicted molar refractivity (Wildman–Crippen MR) is 150 cm³/mol. The Hall–Kier alpha value is -3.13. The van der Waals surface area contributed by atoms with E-state index in [2.05, 4.69) is 29.9 Å². The number of rotatable bonds is 8. The van der Waals surface area contributed by atoms with E-state index >= 15 is 0 Å². The Kier molecular flexibility index (Phi) is 8.17. The SMILES string of the molecule is CCC[C@H](C)Nc1ncc2c(C3CCN(C(=O)c4cccc(OC)c4)CC3)cn(C3CCC(O)CC3)c2n1. The highest BCUT2D eigenvalue weighted by molar-refractivity contribution is 5.94. The Bertz CT molecular complexity index is 1240. The number of methoxy groups -OCH3 is 1. The maximum absolute atomic E-state index is 13.2. The van der Waals surface area contributed by atoms with E-state index in [-0.39, 0.29) is 12.0 Å². The minimum atomic E-state index is -0.194. The van der Waals surface area contributed by atoms with Gasteiger partial charge in [-0.15, -0.1) is 0 Å². The highest BCUT2D eigenvalue weighted by Crippen LogP contribution is 2.38. The molecular formula is C30H41N5O3. The van der Waals surface area contributed by atoms with Crippen LogP contribution in [0.25, 0.3) is 11.0 Å². The molecule has 0 bridgehead atoms. The molecule has 8 heteroatoms. The van der Waals surface area contributed by atoms with Crippen molar-refractivity contribution < 1.29 is 14.6 Å². The number of likely N-dealkylation sites (tertiary alicyclic amines) is 1. The van der Waals surface area contributed by atoms with E-state index in [0.29, 0.717) is 35.3 Å². The quantitative estimate of drug-likeness (QED) is 0.406. The van der Waals surface area contributed by atoms with Crippen molar-refractivity contribution in [3.63, 3.8) is 0 Å². The molecule has 1 saturated heterocycles. The number of carbonyl (C=O) groups is 1. The van der Waals surface area contributed by atoms with Crippen molar-refractivity contribution in [3.8, 4) is 5.75 Å². The Balaban J connectivity index is 1.37. The molecule has 3 heterocycles. The van der Waals surface area contributed by atoms with Crippen LogP contribution in [0.1, 0.15) is 93.1 Å². The molecule has 1 amide bonds. The van der Waals surface area contributed by atoms with Crippen LogP contribution in [0.15, 0.2) is 36.7 Å². The molecule has 204 valence electrons. The fourth-order valence-electron chi connectivity index (χ4n) is 6.12. The van der Waals surface area contributed by atoms with Gasteiger partial charge in [0, 0.05) is 48.5 Å². The Morgan fingerprint density at radius 2 is 1.95 bits per heavy atom. The molecule has 3 aromatic rings. The van der Waals surface area contributed by atoms with Crippen LogP contribution in [-0.2, 0) is 0 Å². The van der Waals surface area contributed by atoms with Gasteiger partial charge in [-0.05, 0) is 81.5 Å². The monoisotopic (exact) mass is 519 g/mol. The van der Waals surface area contributed by atoms with Gasteiger partial charge in [0.25, 0.3) is 5.91 Å². The van der Waals surface area contributed by atoms with Crippen LogP contribution < -0.4 is 10.1 Å². The van der Waals surface area contributed by atoms with Gasteiger partial charge in [0.1, 0.15) is 11.4 Å². The molecule has 2 aromatic heterocycles. The third-order valence-corrected chi connectivity index (χ3v) is 8.30. The molecule has 5 rings (SSSR count). The number of amides is 1. The molecule has 0 radical (unpaired) electrons. The Morgan fingerprint density at radius 1 is 1.18 bits per heavy atom. The van der Waals surface area contributed by atoms with Crippen molar-refractivity contribution in [1.29, 1.82) is 0 Å². The van der Waals surface area contributed by atoms with Crippen molar-refractivity contribution in [2.75, 3.05) is 25.5 Å². The first-order valence-corrected chi connectivity index (χ1v) is 14.2. The average Bonchev–Trinajstić information content (AvgIpc) is 3.32. The highest BCUT2D eigenvalue weighted by atomic mass is 16.5. The number of ether oxygens (including phenoxy) is 1. The number of hydrogen-bond donors (Lipinski definition) is 2. The summed E-state index contributed by atoms with van der Waals surface area (Å²) in [5.74, 6) is 1.79. The number of fused-ring (bicyclic) bond motifs is 1. The smallest absolute Gasteiger partial charge is 0.253 e. The summed E-state index contributed by atoms with van der Waals surface area (Å²) in [5, 5.41) is 14.7. The van der Waals surface area contributed by atoms with Gasteiger partial charge in [0.2, 0.25) is 5.95 Å². The van der Waals surface area contributed by atoms with E-state index in [9.17, 15) is 9.90 Å². The van der Waals surface area contributed by atoms with Crippen molar-refractivity contribution in [2.24, 2.45) is 0 Å². The topological polar surface area (TPSA) is 92.5 Å². The molecule has 0 unspecified atom stereocenters. The third-order valence-electron chi connectivity index (χ3n) is 8.30. The highest BCUT2D eigenvalue weighted by Gasteiger charge is 2.30. The molecule has 1 atom stereocenters. The molecule has 38 heavy (non-hydrogen) atoms. The fourth-order valence-corrected chi connectivity index (χ4v) is 6.12. The van der Waals surface area contributed by atoms with Gasteiger partial charge in [0.15, 0.2) is 0 Å². The number of aliphatic hydroxyl groups excluding tert-OH is 1. The Labute approximate surface area is 225 Å². The lowest BCUT2D eigenvalue weighted by Gasteiger charge is -2.32. The van der Waals surface area contributed by atoms with Gasteiger partial charge in [0.05, 0.1) is 13.2 Å². The minimum Gasteiger partial charge on any atom is -0.497 e. The lowest BCUT2D eigenvalue weighted by molar-refractivity contribution is 0.0712. The van der Waals surface area contributed by atoms with Crippen molar-refractivity contribution in [3.05, 3.63) is 47.8 Å². The van der Waals surface area contributed by atoms with Crippen LogP contribution in [-0.4, -0.2) is 62.8 Å². The zero-order valence-electron chi connectivity index (χ0n) is 22.9. The van der Waals surface area contributed by atoms with Crippen LogP contribution >= 0.6 is 0 Å². The summed E-state index contributed by atoms with van der Waals surface area (Å²) in [5.41, 5.74) is 2.94. The molecular weight excluding hydrogens is 478 g/mol. The van der Waals surface area contributed by atoms with Crippen LogP contribution in [0, 0.1) is 0 Å². The second kappa shape index (κ2) is 11.7. The number of benzene rings is 1. The molecule has 1 aliphatic carbocycles. The van der Waals surface area contributed by atoms with Gasteiger partial charge in [-0.1, -0.05) is 19.4 Å². The second-order valence-electron chi connectivity index (χ2n) is 11.0. The Morgan fingerprint density at radius 3 is 2.66 bits per heavy atom. The predicted octanol–water partition coefficient (Wildman–Crippen LogP) is 5.54. The molecule has 0 spiro atoms. The van der Waals surface area contributed by atoms with Crippen molar-refractivity contribution in [2.45, 2.75) is 89.3 Å². The van der Waals surface area contributed by atoms with E-state index in [1.807, 2.05) is 35.4 Å². The maximum Gasteiger partial charge on any atom is 0.253 e. The third kappa shape index (κ3) is 5.65. The summed E-state index contributed by atoms with van der Waals surface area (Å²) in [6, 6.07) is 8.05. The number of aliphatic hydroxyl groups is 1. The minimum absolute atomic E-state index is 0.0609. The lowest BCUT2D eigenvalue weighted by atomic mass is 9.89. The van der Waals surface area contributed by atoms with Crippen molar-refractivity contribution in [1.82, 2.24) is 19.4 Å². The van der Waals surface area contributed by atoms with Crippen LogP contribution in [0.5, 0.6) is 5.75 Å². The second-order valence-corrected chi connectivity index (χ2v) is 11.0. The summed E-state index contributed by atoms with van der Waals surface area (Å²) < 4.78 is 7.65. The fraction of sp³-hybridized carbons (Fsp3) is 0.567. The van der Waals surface area contributed by atoms with E-state index in [1.54, 1.807) is 7.11 Å². The number of nitrogens with zero attached hydrogens (tertiary/aromatic N) is 4. The first-order chi connectivity index (χ1) is 18.5. The number of nitrogens with one attached hydrogen (secondary N) is 1.